The summed E-state index contributed by atoms with van der Waals surface area (Å²) in [6, 6.07) is 16.6. The molecule has 0 aliphatic heterocycles. The van der Waals surface area contributed by atoms with Gasteiger partial charge >= 0.3 is 17.9 Å². The molecule has 4 aromatic rings. The van der Waals surface area contributed by atoms with Crippen molar-refractivity contribution < 1.29 is 42.6 Å². The summed E-state index contributed by atoms with van der Waals surface area (Å²) in [5, 5.41) is 0. The van der Waals surface area contributed by atoms with Gasteiger partial charge in [0, 0.05) is 6.08 Å². The molecule has 10 heteroatoms. The van der Waals surface area contributed by atoms with E-state index in [-0.39, 0.29) is 0 Å². The van der Waals surface area contributed by atoms with Crippen molar-refractivity contribution in [3.8, 4) is 23.0 Å². The SMILES string of the molecule is C=CC(=O)OCCCCOc1ccc(C(=O)Oc2ccc(OC(=O)c3ccc(OCC[n+]4ccn(C=C)c4)cc3)c(C)c2C)cc1. The van der Waals surface area contributed by atoms with Crippen molar-refractivity contribution in [2.24, 2.45) is 0 Å². The maximum atomic E-state index is 12.8. The highest BCUT2D eigenvalue weighted by Gasteiger charge is 2.17. The second kappa shape index (κ2) is 16.4. The molecule has 238 valence electrons. The van der Waals surface area contributed by atoms with Crippen molar-refractivity contribution >= 4 is 24.1 Å². The Kier molecular flexibility index (Phi) is 11.9. The molecular formula is C36H37N2O8+. The van der Waals surface area contributed by atoms with Crippen LogP contribution in [0.3, 0.4) is 0 Å². The van der Waals surface area contributed by atoms with Crippen LogP contribution in [0.15, 0.2) is 98.6 Å². The van der Waals surface area contributed by atoms with Crippen LogP contribution < -0.4 is 23.5 Å². The number of esters is 3. The molecule has 1 heterocycles. The molecule has 3 aromatic carbocycles. The van der Waals surface area contributed by atoms with Gasteiger partial charge in [-0.25, -0.2) is 23.5 Å². The molecule has 0 radical (unpaired) electrons. The monoisotopic (exact) mass is 625 g/mol. The number of aromatic nitrogens is 2. The standard InChI is InChI=1S/C36H37N2O8/c1-5-34(39)44-23-8-7-22-42-30-13-9-28(10-14-30)35(40)45-32-17-18-33(27(4)26(32)3)46-36(41)29-11-15-31(16-12-29)43-24-21-38-20-19-37(6-2)25-38/h5-6,9-20,25H,1-2,7-8,21-24H2,3-4H3/q+1. The van der Waals surface area contributed by atoms with Crippen molar-refractivity contribution in [3.05, 3.63) is 121 Å². The average molecular weight is 626 g/mol. The number of rotatable bonds is 16. The van der Waals surface area contributed by atoms with Crippen molar-refractivity contribution in [1.29, 1.82) is 0 Å². The Bertz CT molecular complexity index is 1670. The van der Waals surface area contributed by atoms with Crippen molar-refractivity contribution in [2.75, 3.05) is 19.8 Å². The third kappa shape index (κ3) is 9.43. The first kappa shape index (κ1) is 33.3. The number of unbranched alkanes of at least 4 members (excludes halogenated alkanes) is 1. The van der Waals surface area contributed by atoms with Crippen LogP contribution in [0, 0.1) is 13.8 Å². The van der Waals surface area contributed by atoms with Crippen LogP contribution in [0.4, 0.5) is 0 Å². The molecule has 0 spiro atoms. The van der Waals surface area contributed by atoms with E-state index in [2.05, 4.69) is 13.2 Å². The topological polar surface area (TPSA) is 106 Å². The Morgan fingerprint density at radius 3 is 1.76 bits per heavy atom. The number of hydrogen-bond acceptors (Lipinski definition) is 8. The molecule has 0 fully saturated rings. The van der Waals surface area contributed by atoms with Crippen molar-refractivity contribution in [2.45, 2.75) is 33.2 Å². The third-order valence-electron chi connectivity index (χ3n) is 7.03. The molecule has 0 unspecified atom stereocenters. The number of nitrogens with zero attached hydrogens (tertiary/aromatic N) is 2. The van der Waals surface area contributed by atoms with E-state index in [1.54, 1.807) is 80.7 Å². The average Bonchev–Trinajstić information content (AvgIpc) is 3.54. The summed E-state index contributed by atoms with van der Waals surface area (Å²) in [6.45, 7) is 12.5. The highest BCUT2D eigenvalue weighted by Crippen LogP contribution is 2.30. The first-order valence-electron chi connectivity index (χ1n) is 14.8. The highest BCUT2D eigenvalue weighted by molar-refractivity contribution is 5.92. The van der Waals surface area contributed by atoms with Gasteiger partial charge in [-0.15, -0.1) is 0 Å². The highest BCUT2D eigenvalue weighted by atomic mass is 16.5. The molecule has 10 nitrogen and oxygen atoms in total. The van der Waals surface area contributed by atoms with Gasteiger partial charge in [-0.05, 0) is 98.5 Å². The summed E-state index contributed by atoms with van der Waals surface area (Å²) >= 11 is 0. The van der Waals surface area contributed by atoms with Crippen LogP contribution in [0.25, 0.3) is 6.20 Å². The Labute approximate surface area is 268 Å². The van der Waals surface area contributed by atoms with Crippen LogP contribution >= 0.6 is 0 Å². The summed E-state index contributed by atoms with van der Waals surface area (Å²) in [4.78, 5) is 36.7. The van der Waals surface area contributed by atoms with Gasteiger partial charge in [0.25, 0.3) is 0 Å². The molecule has 0 aliphatic rings. The zero-order chi connectivity index (χ0) is 32.9. The van der Waals surface area contributed by atoms with Gasteiger partial charge in [-0.3, -0.25) is 0 Å². The molecule has 1 aromatic heterocycles. The second-order valence-electron chi connectivity index (χ2n) is 10.2. The van der Waals surface area contributed by atoms with Crippen LogP contribution in [0.2, 0.25) is 0 Å². The minimum atomic E-state index is -0.529. The number of carbonyl (C=O) groups is 3. The maximum Gasteiger partial charge on any atom is 0.343 e. The molecule has 0 atom stereocenters. The predicted octanol–water partition coefficient (Wildman–Crippen LogP) is 5.90. The van der Waals surface area contributed by atoms with E-state index in [0.29, 0.717) is 84.5 Å². The Morgan fingerprint density at radius 1 is 0.739 bits per heavy atom. The van der Waals surface area contributed by atoms with E-state index in [0.717, 1.165) is 6.08 Å². The van der Waals surface area contributed by atoms with E-state index < -0.39 is 17.9 Å². The van der Waals surface area contributed by atoms with Crippen LogP contribution in [0.1, 0.15) is 44.7 Å². The lowest BCUT2D eigenvalue weighted by molar-refractivity contribution is -0.696. The largest absolute Gasteiger partial charge is 0.494 e. The van der Waals surface area contributed by atoms with Crippen molar-refractivity contribution in [3.63, 3.8) is 0 Å². The molecule has 0 amide bonds. The lowest BCUT2D eigenvalue weighted by Crippen LogP contribution is -2.34. The van der Waals surface area contributed by atoms with Crippen LogP contribution in [-0.2, 0) is 16.1 Å². The minimum Gasteiger partial charge on any atom is -0.494 e. The van der Waals surface area contributed by atoms with Gasteiger partial charge in [0.15, 0.2) is 0 Å². The first-order chi connectivity index (χ1) is 22.3. The molecular weight excluding hydrogens is 588 g/mol. The molecule has 0 aliphatic carbocycles. The molecule has 4 rings (SSSR count). The molecule has 46 heavy (non-hydrogen) atoms. The maximum absolute atomic E-state index is 12.8. The fourth-order valence-corrected chi connectivity index (χ4v) is 4.23. The molecule has 0 bridgehead atoms. The smallest absolute Gasteiger partial charge is 0.343 e. The second-order valence-corrected chi connectivity index (χ2v) is 10.2. The lowest BCUT2D eigenvalue weighted by atomic mass is 10.1. The quantitative estimate of drug-likeness (QED) is 0.0499. The van der Waals surface area contributed by atoms with Gasteiger partial charge < -0.3 is 23.7 Å². The Morgan fingerprint density at radius 2 is 1.26 bits per heavy atom. The van der Waals surface area contributed by atoms with E-state index in [1.807, 2.05) is 27.9 Å². The number of imidazole rings is 1. The predicted molar refractivity (Wildman–Crippen MR) is 171 cm³/mol. The summed E-state index contributed by atoms with van der Waals surface area (Å²) in [5.74, 6) is 0.486. The van der Waals surface area contributed by atoms with Crippen molar-refractivity contribution in [1.82, 2.24) is 4.57 Å². The number of hydrogen-bond donors (Lipinski definition) is 0. The molecule has 0 saturated carbocycles. The summed E-state index contributed by atoms with van der Waals surface area (Å²) in [7, 11) is 0. The molecule has 0 saturated heterocycles. The fourth-order valence-electron chi connectivity index (χ4n) is 4.23. The Balaban J connectivity index is 1.25. The summed E-state index contributed by atoms with van der Waals surface area (Å²) < 4.78 is 31.5. The van der Waals surface area contributed by atoms with Gasteiger partial charge in [-0.2, -0.15) is 0 Å². The molecule has 0 N–H and O–H groups in total. The lowest BCUT2D eigenvalue weighted by Gasteiger charge is -2.14. The van der Waals surface area contributed by atoms with E-state index in [9.17, 15) is 14.4 Å². The summed E-state index contributed by atoms with van der Waals surface area (Å²) in [5.41, 5.74) is 2.07. The minimum absolute atomic E-state index is 0.304. The number of benzene rings is 3. The summed E-state index contributed by atoms with van der Waals surface area (Å²) in [6.07, 6.45) is 9.94. The van der Waals surface area contributed by atoms with Gasteiger partial charge in [0.2, 0.25) is 6.33 Å². The third-order valence-corrected chi connectivity index (χ3v) is 7.03. The fraction of sp³-hybridized carbons (Fsp3) is 0.222. The van der Waals surface area contributed by atoms with Crippen LogP contribution in [0.5, 0.6) is 23.0 Å². The zero-order valence-electron chi connectivity index (χ0n) is 26.0. The number of ether oxygens (including phenoxy) is 5. The van der Waals surface area contributed by atoms with Gasteiger partial charge in [0.05, 0.1) is 30.5 Å². The van der Waals surface area contributed by atoms with Gasteiger partial charge in [-0.1, -0.05) is 13.2 Å². The zero-order valence-corrected chi connectivity index (χ0v) is 26.0. The van der Waals surface area contributed by atoms with E-state index >= 15 is 0 Å². The Hall–Kier alpha value is -5.64. The normalized spacial score (nSPS) is 10.5. The number of carbonyl (C=O) groups excluding carboxylic acids is 3. The van der Waals surface area contributed by atoms with E-state index in [1.165, 1.54) is 0 Å². The van der Waals surface area contributed by atoms with Crippen LogP contribution in [-0.4, -0.2) is 42.3 Å². The first-order valence-corrected chi connectivity index (χ1v) is 14.8. The van der Waals surface area contributed by atoms with Gasteiger partial charge in [0.1, 0.15) is 48.5 Å². The van der Waals surface area contributed by atoms with E-state index in [4.69, 9.17) is 23.7 Å².